The highest BCUT2D eigenvalue weighted by Crippen LogP contribution is 2.37. The molecule has 2 aliphatic heterocycles. The van der Waals surface area contributed by atoms with Gasteiger partial charge in [-0.05, 0) is 19.9 Å². The number of likely N-dealkylation sites (tertiary alicyclic amines) is 1. The van der Waals surface area contributed by atoms with Crippen molar-refractivity contribution in [2.24, 2.45) is 0 Å². The largest absolute Gasteiger partial charge is 0.493 e. The minimum absolute atomic E-state index is 0.183. The Morgan fingerprint density at radius 1 is 1.15 bits per heavy atom. The number of quaternary nitrogens is 1. The van der Waals surface area contributed by atoms with E-state index >= 15 is 0 Å². The second kappa shape index (κ2) is 9.58. The monoisotopic (exact) mass is 462 g/mol. The fraction of sp³-hybridized carbons (Fsp3) is 0.565. The Hall–Kier alpha value is -2.82. The molecule has 0 bridgehead atoms. The molecule has 0 radical (unpaired) electrons. The van der Waals surface area contributed by atoms with E-state index in [2.05, 4.69) is 10.3 Å². The van der Waals surface area contributed by atoms with Gasteiger partial charge in [-0.3, -0.25) is 4.79 Å². The number of hydrogen-bond donors (Lipinski definition) is 3. The lowest BCUT2D eigenvalue weighted by molar-refractivity contribution is -0.922. The smallest absolute Gasteiger partial charge is 0.356 e. The van der Waals surface area contributed by atoms with Crippen LogP contribution in [0.5, 0.6) is 11.5 Å². The Bertz CT molecular complexity index is 1020. The van der Waals surface area contributed by atoms with Gasteiger partial charge in [0.25, 0.3) is 5.91 Å². The highest BCUT2D eigenvalue weighted by atomic mass is 16.7. The number of nitrogens with one attached hydrogen (secondary N) is 3. The molecule has 0 aliphatic carbocycles. The van der Waals surface area contributed by atoms with Gasteiger partial charge >= 0.3 is 5.97 Å². The fourth-order valence-electron chi connectivity index (χ4n) is 4.59. The van der Waals surface area contributed by atoms with Crippen LogP contribution in [-0.2, 0) is 19.0 Å². The third-order valence-corrected chi connectivity index (χ3v) is 6.50. The molecule has 2 aliphatic rings. The molecular formula is C23H32N3O7+. The number of aromatic nitrogens is 1. The van der Waals surface area contributed by atoms with Gasteiger partial charge in [0.05, 0.1) is 71.2 Å². The van der Waals surface area contributed by atoms with Crippen molar-refractivity contribution in [3.05, 3.63) is 17.8 Å². The highest BCUT2D eigenvalue weighted by molar-refractivity contribution is 6.12. The number of carbonyl (C=O) groups is 2. The second-order valence-electron chi connectivity index (χ2n) is 8.33. The summed E-state index contributed by atoms with van der Waals surface area (Å²) in [5, 5.41) is 3.60. The maximum atomic E-state index is 13.3. The van der Waals surface area contributed by atoms with Crippen molar-refractivity contribution in [2.45, 2.75) is 38.5 Å². The zero-order chi connectivity index (χ0) is 23.6. The van der Waals surface area contributed by atoms with Crippen LogP contribution >= 0.6 is 0 Å². The number of amides is 1. The van der Waals surface area contributed by atoms with Gasteiger partial charge in [-0.1, -0.05) is 0 Å². The molecule has 2 fully saturated rings. The molecule has 33 heavy (non-hydrogen) atoms. The lowest BCUT2D eigenvalue weighted by atomic mass is 10.0. The summed E-state index contributed by atoms with van der Waals surface area (Å²) in [6, 6.07) is 3.14. The number of hydrogen-bond acceptors (Lipinski definition) is 7. The maximum absolute atomic E-state index is 13.3. The van der Waals surface area contributed by atoms with Crippen molar-refractivity contribution in [1.82, 2.24) is 4.98 Å². The molecule has 2 saturated heterocycles. The topological polar surface area (TPSA) is 113 Å². The van der Waals surface area contributed by atoms with Crippen LogP contribution in [0, 0.1) is 0 Å². The number of esters is 1. The normalized spacial score (nSPS) is 18.9. The summed E-state index contributed by atoms with van der Waals surface area (Å²) in [5.41, 5.74) is 1.18. The van der Waals surface area contributed by atoms with Crippen molar-refractivity contribution in [3.63, 3.8) is 0 Å². The van der Waals surface area contributed by atoms with Crippen molar-refractivity contribution >= 4 is 28.5 Å². The summed E-state index contributed by atoms with van der Waals surface area (Å²) in [7, 11) is 3.07. The number of H-pyrrole nitrogens is 1. The van der Waals surface area contributed by atoms with Gasteiger partial charge in [0, 0.05) is 11.5 Å². The standard InChI is InChI=1S/C23H31N3O7/c1-5-31-22(28)20-19(15-12-17(29-3)18(30-4)13-16(15)24-20)25-21(27)14(2)26-8-6-23(7-9-26)32-10-11-33-23/h12-14,24H,5-11H2,1-4H3,(H,25,27)/p+1/t14-/m1/s1. The van der Waals surface area contributed by atoms with E-state index < -0.39 is 11.8 Å². The van der Waals surface area contributed by atoms with Crippen molar-refractivity contribution in [3.8, 4) is 11.5 Å². The first-order chi connectivity index (χ1) is 15.9. The van der Waals surface area contributed by atoms with Crippen LogP contribution in [0.15, 0.2) is 12.1 Å². The summed E-state index contributed by atoms with van der Waals surface area (Å²) in [4.78, 5) is 30.1. The molecule has 3 heterocycles. The third-order valence-electron chi connectivity index (χ3n) is 6.50. The second-order valence-corrected chi connectivity index (χ2v) is 8.33. The first-order valence-electron chi connectivity index (χ1n) is 11.3. The number of ether oxygens (including phenoxy) is 5. The molecule has 1 aromatic heterocycles. The Labute approximate surface area is 192 Å². The van der Waals surface area contributed by atoms with E-state index in [4.69, 9.17) is 23.7 Å². The van der Waals surface area contributed by atoms with Crippen LogP contribution in [0.1, 0.15) is 37.2 Å². The Balaban J connectivity index is 1.58. The van der Waals surface area contributed by atoms with Gasteiger partial charge < -0.3 is 38.9 Å². The van der Waals surface area contributed by atoms with Gasteiger partial charge in [0.1, 0.15) is 5.69 Å². The molecule has 180 valence electrons. The maximum Gasteiger partial charge on any atom is 0.356 e. The van der Waals surface area contributed by atoms with Crippen molar-refractivity contribution in [1.29, 1.82) is 0 Å². The summed E-state index contributed by atoms with van der Waals surface area (Å²) >= 11 is 0. The fourth-order valence-corrected chi connectivity index (χ4v) is 4.59. The minimum atomic E-state index is -0.544. The molecule has 3 N–H and O–H groups in total. The van der Waals surface area contributed by atoms with E-state index in [9.17, 15) is 9.59 Å². The predicted octanol–water partition coefficient (Wildman–Crippen LogP) is 1.11. The lowest BCUT2D eigenvalue weighted by Gasteiger charge is -2.37. The van der Waals surface area contributed by atoms with Crippen LogP contribution in [0.2, 0.25) is 0 Å². The molecule has 1 amide bonds. The molecule has 10 heteroatoms. The van der Waals surface area contributed by atoms with E-state index in [1.807, 2.05) is 6.92 Å². The van der Waals surface area contributed by atoms with E-state index in [-0.39, 0.29) is 24.2 Å². The van der Waals surface area contributed by atoms with Gasteiger partial charge in [-0.15, -0.1) is 0 Å². The summed E-state index contributed by atoms with van der Waals surface area (Å²) < 4.78 is 27.6. The molecular weight excluding hydrogens is 430 g/mol. The van der Waals surface area contributed by atoms with Gasteiger partial charge in [-0.2, -0.15) is 0 Å². The molecule has 0 unspecified atom stereocenters. The zero-order valence-electron chi connectivity index (χ0n) is 19.5. The van der Waals surface area contributed by atoms with Gasteiger partial charge in [-0.25, -0.2) is 4.79 Å². The number of carbonyl (C=O) groups excluding carboxylic acids is 2. The molecule has 1 spiro atoms. The Morgan fingerprint density at radius 2 is 1.79 bits per heavy atom. The Morgan fingerprint density at radius 3 is 2.39 bits per heavy atom. The van der Waals surface area contributed by atoms with Crippen LogP contribution in [0.25, 0.3) is 10.9 Å². The average Bonchev–Trinajstić information content (AvgIpc) is 3.42. The quantitative estimate of drug-likeness (QED) is 0.529. The third kappa shape index (κ3) is 4.50. The van der Waals surface area contributed by atoms with E-state index in [0.29, 0.717) is 41.3 Å². The number of fused-ring (bicyclic) bond motifs is 1. The van der Waals surface area contributed by atoms with E-state index in [0.717, 1.165) is 30.8 Å². The number of anilines is 1. The number of benzene rings is 1. The van der Waals surface area contributed by atoms with Gasteiger partial charge in [0.15, 0.2) is 23.3 Å². The van der Waals surface area contributed by atoms with Crippen LogP contribution in [0.3, 0.4) is 0 Å². The Kier molecular flexibility index (Phi) is 6.78. The SMILES string of the molecule is CCOC(=O)c1[nH]c2cc(OC)c(OC)cc2c1NC(=O)[C@@H](C)[NH+]1CCC2(CC1)OCCO2. The van der Waals surface area contributed by atoms with Crippen LogP contribution < -0.4 is 19.7 Å². The summed E-state index contributed by atoms with van der Waals surface area (Å²) in [5.74, 6) is -0.210. The lowest BCUT2D eigenvalue weighted by Crippen LogP contribution is -3.18. The summed E-state index contributed by atoms with van der Waals surface area (Å²) in [6.07, 6.45) is 1.50. The number of aromatic amines is 1. The van der Waals surface area contributed by atoms with Gasteiger partial charge in [0.2, 0.25) is 0 Å². The van der Waals surface area contributed by atoms with Crippen molar-refractivity contribution < 1.29 is 38.2 Å². The number of piperidine rings is 1. The first-order valence-corrected chi connectivity index (χ1v) is 11.3. The first kappa shape index (κ1) is 23.3. The molecule has 10 nitrogen and oxygen atoms in total. The highest BCUT2D eigenvalue weighted by Gasteiger charge is 2.43. The number of rotatable bonds is 7. The van der Waals surface area contributed by atoms with Crippen LogP contribution in [0.4, 0.5) is 5.69 Å². The van der Waals surface area contributed by atoms with E-state index in [1.54, 1.807) is 19.1 Å². The molecule has 0 saturated carbocycles. The predicted molar refractivity (Wildman–Crippen MR) is 120 cm³/mol. The zero-order valence-corrected chi connectivity index (χ0v) is 19.5. The van der Waals surface area contributed by atoms with E-state index in [1.165, 1.54) is 14.2 Å². The van der Waals surface area contributed by atoms with Crippen molar-refractivity contribution in [2.75, 3.05) is 52.4 Å². The molecule has 1 aromatic carbocycles. The molecule has 2 aromatic rings. The summed E-state index contributed by atoms with van der Waals surface area (Å²) in [6.45, 7) is 6.61. The molecule has 4 rings (SSSR count). The van der Waals surface area contributed by atoms with Crippen LogP contribution in [-0.4, -0.2) is 75.8 Å². The average molecular weight is 463 g/mol. The minimum Gasteiger partial charge on any atom is -0.493 e. The molecule has 1 atom stereocenters. The number of methoxy groups -OCH3 is 2.